The zero-order chi connectivity index (χ0) is 20.2. The van der Waals surface area contributed by atoms with Gasteiger partial charge in [0.1, 0.15) is 6.54 Å². The molecule has 0 aliphatic carbocycles. The highest BCUT2D eigenvalue weighted by Gasteiger charge is 2.30. The average Bonchev–Trinajstić information content (AvgIpc) is 2.58. The highest BCUT2D eigenvalue weighted by Crippen LogP contribution is 2.21. The number of alkyl halides is 3. The largest absolute Gasteiger partial charge is 0.405 e. The Morgan fingerprint density at radius 3 is 2.41 bits per heavy atom. The first-order chi connectivity index (χ1) is 12.5. The average molecular weight is 408 g/mol. The van der Waals surface area contributed by atoms with Crippen molar-refractivity contribution >= 4 is 27.7 Å². The second-order valence-electron chi connectivity index (χ2n) is 6.09. The number of piperidine rings is 1. The van der Waals surface area contributed by atoms with Crippen LogP contribution in [0.2, 0.25) is 0 Å². The van der Waals surface area contributed by atoms with Crippen LogP contribution in [0, 0.1) is 5.92 Å². The van der Waals surface area contributed by atoms with E-state index in [-0.39, 0.29) is 43.1 Å². The lowest BCUT2D eigenvalue weighted by molar-refractivity contribution is -0.123. The zero-order valence-corrected chi connectivity index (χ0v) is 14.9. The van der Waals surface area contributed by atoms with E-state index < -0.39 is 34.8 Å². The van der Waals surface area contributed by atoms with Crippen LogP contribution in [0.25, 0.3) is 0 Å². The SMILES string of the molecule is NS(=O)(=O)N1CCC(C(=O)Nc2cccc(C(=O)NCC(F)(F)F)c2)CC1. The van der Waals surface area contributed by atoms with E-state index in [1.54, 1.807) is 5.32 Å². The molecule has 0 spiro atoms. The molecule has 4 N–H and O–H groups in total. The van der Waals surface area contributed by atoms with Crippen molar-refractivity contribution < 1.29 is 31.2 Å². The van der Waals surface area contributed by atoms with Crippen LogP contribution in [-0.4, -0.2) is 50.3 Å². The third-order valence-electron chi connectivity index (χ3n) is 4.03. The van der Waals surface area contributed by atoms with Crippen molar-refractivity contribution in [3.8, 4) is 0 Å². The molecule has 150 valence electrons. The summed E-state index contributed by atoms with van der Waals surface area (Å²) >= 11 is 0. The van der Waals surface area contributed by atoms with Gasteiger partial charge in [0.05, 0.1) is 0 Å². The van der Waals surface area contributed by atoms with Gasteiger partial charge < -0.3 is 10.6 Å². The van der Waals surface area contributed by atoms with E-state index >= 15 is 0 Å². The number of anilines is 1. The van der Waals surface area contributed by atoms with Gasteiger partial charge in [-0.1, -0.05) is 6.07 Å². The van der Waals surface area contributed by atoms with Crippen molar-refractivity contribution in [2.45, 2.75) is 19.0 Å². The van der Waals surface area contributed by atoms with E-state index in [4.69, 9.17) is 5.14 Å². The lowest BCUT2D eigenvalue weighted by Crippen LogP contribution is -2.44. The molecule has 1 aliphatic rings. The van der Waals surface area contributed by atoms with Crippen LogP contribution in [0.3, 0.4) is 0 Å². The Morgan fingerprint density at radius 1 is 1.22 bits per heavy atom. The van der Waals surface area contributed by atoms with Crippen molar-refractivity contribution in [2.75, 3.05) is 25.0 Å². The molecule has 2 amide bonds. The van der Waals surface area contributed by atoms with Gasteiger partial charge in [-0.2, -0.15) is 25.9 Å². The van der Waals surface area contributed by atoms with Crippen LogP contribution in [-0.2, 0) is 15.0 Å². The van der Waals surface area contributed by atoms with Gasteiger partial charge in [-0.15, -0.1) is 0 Å². The van der Waals surface area contributed by atoms with Gasteiger partial charge in [0, 0.05) is 30.3 Å². The summed E-state index contributed by atoms with van der Waals surface area (Å²) in [6, 6.07) is 5.52. The number of carbonyl (C=O) groups excluding carboxylic acids is 2. The van der Waals surface area contributed by atoms with Crippen molar-refractivity contribution in [3.05, 3.63) is 29.8 Å². The van der Waals surface area contributed by atoms with Crippen LogP contribution in [0.4, 0.5) is 18.9 Å². The summed E-state index contributed by atoms with van der Waals surface area (Å²) in [6.07, 6.45) is -3.95. The lowest BCUT2D eigenvalue weighted by Gasteiger charge is -2.29. The van der Waals surface area contributed by atoms with E-state index in [0.29, 0.717) is 0 Å². The van der Waals surface area contributed by atoms with Gasteiger partial charge in [-0.3, -0.25) is 9.59 Å². The maximum atomic E-state index is 12.3. The second-order valence-corrected chi connectivity index (χ2v) is 7.63. The molecule has 1 saturated heterocycles. The number of nitrogens with two attached hydrogens (primary N) is 1. The molecular formula is C15H19F3N4O4S. The molecule has 0 unspecified atom stereocenters. The quantitative estimate of drug-likeness (QED) is 0.668. The van der Waals surface area contributed by atoms with Crippen molar-refractivity contribution in [2.24, 2.45) is 11.1 Å². The highest BCUT2D eigenvalue weighted by atomic mass is 32.2. The number of benzene rings is 1. The minimum Gasteiger partial charge on any atom is -0.343 e. The van der Waals surface area contributed by atoms with Gasteiger partial charge in [-0.05, 0) is 31.0 Å². The minimum absolute atomic E-state index is 0.0268. The summed E-state index contributed by atoms with van der Waals surface area (Å²) in [5.41, 5.74) is 0.231. The molecule has 1 aromatic rings. The number of hydrogen-bond donors (Lipinski definition) is 3. The van der Waals surface area contributed by atoms with E-state index in [0.717, 1.165) is 4.31 Å². The molecule has 1 aliphatic heterocycles. The first kappa shape index (κ1) is 21.1. The molecule has 0 aromatic heterocycles. The van der Waals surface area contributed by atoms with E-state index in [9.17, 15) is 31.2 Å². The molecule has 1 heterocycles. The zero-order valence-electron chi connectivity index (χ0n) is 14.1. The summed E-state index contributed by atoms with van der Waals surface area (Å²) in [7, 11) is -3.79. The van der Waals surface area contributed by atoms with Gasteiger partial charge in [-0.25, -0.2) is 5.14 Å². The van der Waals surface area contributed by atoms with E-state index in [2.05, 4.69) is 5.32 Å². The molecule has 0 radical (unpaired) electrons. The lowest BCUT2D eigenvalue weighted by atomic mass is 9.97. The van der Waals surface area contributed by atoms with Crippen molar-refractivity contribution in [1.29, 1.82) is 0 Å². The topological polar surface area (TPSA) is 122 Å². The van der Waals surface area contributed by atoms with Crippen LogP contribution >= 0.6 is 0 Å². The number of nitrogens with one attached hydrogen (secondary N) is 2. The predicted octanol–water partition coefficient (Wildman–Crippen LogP) is 0.833. The Kier molecular flexibility index (Phi) is 6.44. The number of rotatable bonds is 5. The summed E-state index contributed by atoms with van der Waals surface area (Å²) in [6.45, 7) is -1.21. The minimum atomic E-state index is -4.52. The maximum Gasteiger partial charge on any atom is 0.405 e. The van der Waals surface area contributed by atoms with Crippen LogP contribution in [0.1, 0.15) is 23.2 Å². The Balaban J connectivity index is 1.94. The first-order valence-corrected chi connectivity index (χ1v) is 9.50. The summed E-state index contributed by atoms with van der Waals surface area (Å²) < 4.78 is 60.1. The Bertz CT molecular complexity index is 806. The molecule has 27 heavy (non-hydrogen) atoms. The third kappa shape index (κ3) is 6.48. The Morgan fingerprint density at radius 2 is 1.85 bits per heavy atom. The molecule has 0 atom stereocenters. The first-order valence-electron chi connectivity index (χ1n) is 7.99. The summed E-state index contributed by atoms with van der Waals surface area (Å²) in [5.74, 6) is -1.72. The van der Waals surface area contributed by atoms with Gasteiger partial charge in [0.15, 0.2) is 0 Å². The molecule has 1 aromatic carbocycles. The standard InChI is InChI=1S/C15H19F3N4O4S/c16-15(17,18)9-20-13(23)11-2-1-3-12(8-11)21-14(24)10-4-6-22(7-5-10)27(19,25)26/h1-3,8,10H,4-7,9H2,(H,20,23)(H,21,24)(H2,19,25,26). The third-order valence-corrected chi connectivity index (χ3v) is 5.11. The Hall–Kier alpha value is -2.18. The molecule has 1 fully saturated rings. The van der Waals surface area contributed by atoms with E-state index in [1.165, 1.54) is 24.3 Å². The number of amides is 2. The van der Waals surface area contributed by atoms with Crippen molar-refractivity contribution in [1.82, 2.24) is 9.62 Å². The van der Waals surface area contributed by atoms with Crippen LogP contribution in [0.5, 0.6) is 0 Å². The van der Waals surface area contributed by atoms with Gasteiger partial charge in [0.2, 0.25) is 5.91 Å². The fourth-order valence-electron chi connectivity index (χ4n) is 2.64. The number of nitrogens with zero attached hydrogens (tertiary/aromatic N) is 1. The molecule has 2 rings (SSSR count). The van der Waals surface area contributed by atoms with Crippen molar-refractivity contribution in [3.63, 3.8) is 0 Å². The fourth-order valence-corrected chi connectivity index (χ4v) is 3.36. The van der Waals surface area contributed by atoms with E-state index in [1.807, 2.05) is 0 Å². The van der Waals surface area contributed by atoms with Crippen LogP contribution < -0.4 is 15.8 Å². The maximum absolute atomic E-state index is 12.3. The molecule has 0 bridgehead atoms. The summed E-state index contributed by atoms with van der Waals surface area (Å²) in [5, 5.41) is 9.38. The smallest absolute Gasteiger partial charge is 0.343 e. The molecule has 12 heteroatoms. The number of carbonyl (C=O) groups is 2. The Labute approximate surface area is 154 Å². The monoisotopic (exact) mass is 408 g/mol. The highest BCUT2D eigenvalue weighted by molar-refractivity contribution is 7.86. The van der Waals surface area contributed by atoms with Crippen LogP contribution in [0.15, 0.2) is 24.3 Å². The number of halogens is 3. The molecular weight excluding hydrogens is 389 g/mol. The second kappa shape index (κ2) is 8.23. The number of hydrogen-bond acceptors (Lipinski definition) is 4. The normalized spacial score (nSPS) is 16.7. The summed E-state index contributed by atoms with van der Waals surface area (Å²) in [4.78, 5) is 24.1. The van der Waals surface area contributed by atoms with Gasteiger partial charge >= 0.3 is 6.18 Å². The fraction of sp³-hybridized carbons (Fsp3) is 0.467. The molecule has 8 nitrogen and oxygen atoms in total. The van der Waals surface area contributed by atoms with Gasteiger partial charge in [0.25, 0.3) is 16.1 Å². The predicted molar refractivity (Wildman–Crippen MR) is 90.9 cm³/mol. The molecule has 0 saturated carbocycles.